The number of piperidine rings is 1. The molecule has 1 amide bonds. The first kappa shape index (κ1) is 16.1. The second kappa shape index (κ2) is 7.58. The van der Waals surface area contributed by atoms with Gasteiger partial charge in [-0.1, -0.05) is 17.7 Å². The molecule has 0 spiro atoms. The van der Waals surface area contributed by atoms with Crippen molar-refractivity contribution in [3.05, 3.63) is 28.8 Å². The molecule has 0 radical (unpaired) electrons. The summed E-state index contributed by atoms with van der Waals surface area (Å²) in [4.78, 5) is 12.2. The monoisotopic (exact) mass is 304 g/mol. The Morgan fingerprint density at radius 1 is 1.53 bits per heavy atom. The molecule has 1 aromatic carbocycles. The lowest BCUT2D eigenvalue weighted by Crippen LogP contribution is -2.45. The summed E-state index contributed by atoms with van der Waals surface area (Å²) < 4.78 is 5.18. The van der Waals surface area contributed by atoms with Crippen molar-refractivity contribution < 1.29 is 9.53 Å². The van der Waals surface area contributed by atoms with E-state index < -0.39 is 0 Å². The molecule has 0 unspecified atom stereocenters. The van der Waals surface area contributed by atoms with Crippen LogP contribution in [0.1, 0.15) is 23.2 Å². The summed E-state index contributed by atoms with van der Waals surface area (Å²) in [6.07, 6.45) is 2.07. The number of rotatable bonds is 3. The maximum Gasteiger partial charge on any atom is 0.256 e. The van der Waals surface area contributed by atoms with Gasteiger partial charge in [-0.2, -0.15) is 0 Å². The molecule has 1 heterocycles. The van der Waals surface area contributed by atoms with E-state index in [1.807, 2.05) is 0 Å². The Kier molecular flexibility index (Phi) is 6.42. The van der Waals surface area contributed by atoms with Gasteiger partial charge in [-0.3, -0.25) is 4.79 Å². The minimum Gasteiger partial charge on any atom is -0.496 e. The highest BCUT2D eigenvalue weighted by atomic mass is 35.5. The van der Waals surface area contributed by atoms with Gasteiger partial charge >= 0.3 is 0 Å². The first-order chi connectivity index (χ1) is 8.72. The molecule has 19 heavy (non-hydrogen) atoms. The fourth-order valence-electron chi connectivity index (χ4n) is 2.13. The van der Waals surface area contributed by atoms with Gasteiger partial charge in [0, 0.05) is 12.6 Å². The Morgan fingerprint density at radius 3 is 2.95 bits per heavy atom. The maximum atomic E-state index is 12.2. The summed E-state index contributed by atoms with van der Waals surface area (Å²) in [5, 5.41) is 6.65. The van der Waals surface area contributed by atoms with Crippen molar-refractivity contribution >= 4 is 29.9 Å². The minimum absolute atomic E-state index is 0. The summed E-state index contributed by atoms with van der Waals surface area (Å²) in [5.74, 6) is 0.329. The number of halogens is 2. The van der Waals surface area contributed by atoms with E-state index >= 15 is 0 Å². The van der Waals surface area contributed by atoms with Gasteiger partial charge in [-0.15, -0.1) is 12.4 Å². The summed E-state index contributed by atoms with van der Waals surface area (Å²) in [6.45, 7) is 1.82. The third kappa shape index (κ3) is 4.00. The van der Waals surface area contributed by atoms with Crippen LogP contribution in [-0.4, -0.2) is 32.1 Å². The van der Waals surface area contributed by atoms with Crippen molar-refractivity contribution in [1.29, 1.82) is 0 Å². The van der Waals surface area contributed by atoms with E-state index in [0.717, 1.165) is 25.9 Å². The number of methoxy groups -OCH3 is 1. The van der Waals surface area contributed by atoms with Crippen molar-refractivity contribution in [2.45, 2.75) is 18.9 Å². The summed E-state index contributed by atoms with van der Waals surface area (Å²) in [6, 6.07) is 5.35. The van der Waals surface area contributed by atoms with Gasteiger partial charge in [0.15, 0.2) is 0 Å². The Balaban J connectivity index is 0.00000180. The van der Waals surface area contributed by atoms with Crippen LogP contribution in [0.2, 0.25) is 5.02 Å². The summed E-state index contributed by atoms with van der Waals surface area (Å²) in [5.41, 5.74) is 0.409. The van der Waals surface area contributed by atoms with Gasteiger partial charge in [-0.05, 0) is 31.5 Å². The van der Waals surface area contributed by atoms with Crippen LogP contribution in [0.3, 0.4) is 0 Å². The topological polar surface area (TPSA) is 50.4 Å². The number of carbonyl (C=O) groups excluding carboxylic acids is 1. The van der Waals surface area contributed by atoms with Crippen molar-refractivity contribution in [1.82, 2.24) is 10.6 Å². The van der Waals surface area contributed by atoms with Gasteiger partial charge < -0.3 is 15.4 Å². The van der Waals surface area contributed by atoms with E-state index in [1.54, 1.807) is 18.2 Å². The molecule has 0 aromatic heterocycles. The van der Waals surface area contributed by atoms with E-state index in [9.17, 15) is 4.79 Å². The quantitative estimate of drug-likeness (QED) is 0.900. The van der Waals surface area contributed by atoms with Crippen LogP contribution >= 0.6 is 24.0 Å². The van der Waals surface area contributed by atoms with Gasteiger partial charge in [0.25, 0.3) is 5.91 Å². The molecule has 1 aliphatic rings. The number of ether oxygens (including phenoxy) is 1. The third-order valence-corrected chi connectivity index (χ3v) is 3.37. The van der Waals surface area contributed by atoms with Crippen LogP contribution in [0.5, 0.6) is 5.75 Å². The molecule has 0 saturated carbocycles. The molecule has 1 atom stereocenters. The van der Waals surface area contributed by atoms with E-state index in [4.69, 9.17) is 16.3 Å². The molecule has 1 aromatic rings. The Bertz CT molecular complexity index is 435. The smallest absolute Gasteiger partial charge is 0.256 e. The summed E-state index contributed by atoms with van der Waals surface area (Å²) in [7, 11) is 1.53. The predicted octanol–water partition coefficient (Wildman–Crippen LogP) is 2.25. The molecule has 0 bridgehead atoms. The van der Waals surface area contributed by atoms with Crippen molar-refractivity contribution in [3.63, 3.8) is 0 Å². The van der Waals surface area contributed by atoms with Crippen LogP contribution in [0.25, 0.3) is 0 Å². The SMILES string of the molecule is COc1cccc(Cl)c1C(=O)N[C@H]1CCCNC1.Cl. The van der Waals surface area contributed by atoms with Gasteiger partial charge in [-0.25, -0.2) is 0 Å². The standard InChI is InChI=1S/C13H17ClN2O2.ClH/c1-18-11-6-2-5-10(14)12(11)13(17)16-9-4-3-7-15-8-9;/h2,5-6,9,15H,3-4,7-8H2,1H3,(H,16,17);1H/t9-;/m0./s1. The minimum atomic E-state index is -0.175. The zero-order valence-corrected chi connectivity index (χ0v) is 12.3. The van der Waals surface area contributed by atoms with Gasteiger partial charge in [0.2, 0.25) is 0 Å². The first-order valence-corrected chi connectivity index (χ1v) is 6.44. The Hall–Kier alpha value is -0.970. The number of amides is 1. The number of hydrogen-bond donors (Lipinski definition) is 2. The highest BCUT2D eigenvalue weighted by molar-refractivity contribution is 6.34. The van der Waals surface area contributed by atoms with Crippen LogP contribution in [0.15, 0.2) is 18.2 Å². The molecule has 0 aliphatic carbocycles. The zero-order chi connectivity index (χ0) is 13.0. The molecular formula is C13H18Cl2N2O2. The zero-order valence-electron chi connectivity index (χ0n) is 10.7. The van der Waals surface area contributed by atoms with Crippen molar-refractivity contribution in [2.24, 2.45) is 0 Å². The van der Waals surface area contributed by atoms with Crippen LogP contribution in [0.4, 0.5) is 0 Å². The molecule has 1 fully saturated rings. The van der Waals surface area contributed by atoms with Crippen LogP contribution < -0.4 is 15.4 Å². The molecule has 4 nitrogen and oxygen atoms in total. The van der Waals surface area contributed by atoms with E-state index in [2.05, 4.69) is 10.6 Å². The molecule has 106 valence electrons. The fraction of sp³-hybridized carbons (Fsp3) is 0.462. The number of benzene rings is 1. The van der Waals surface area contributed by atoms with Gasteiger partial charge in [0.1, 0.15) is 5.75 Å². The predicted molar refractivity (Wildman–Crippen MR) is 78.6 cm³/mol. The van der Waals surface area contributed by atoms with E-state index in [-0.39, 0.29) is 24.4 Å². The molecule has 1 saturated heterocycles. The normalized spacial score (nSPS) is 18.3. The van der Waals surface area contributed by atoms with Crippen molar-refractivity contribution in [2.75, 3.05) is 20.2 Å². The number of nitrogens with one attached hydrogen (secondary N) is 2. The Labute approximate surface area is 124 Å². The lowest BCUT2D eigenvalue weighted by atomic mass is 10.1. The van der Waals surface area contributed by atoms with E-state index in [1.165, 1.54) is 7.11 Å². The molecule has 6 heteroatoms. The highest BCUT2D eigenvalue weighted by Gasteiger charge is 2.20. The first-order valence-electron chi connectivity index (χ1n) is 6.06. The maximum absolute atomic E-state index is 12.2. The highest BCUT2D eigenvalue weighted by Crippen LogP contribution is 2.26. The number of carbonyl (C=O) groups is 1. The second-order valence-electron chi connectivity index (χ2n) is 4.33. The van der Waals surface area contributed by atoms with Crippen LogP contribution in [0, 0.1) is 0 Å². The lowest BCUT2D eigenvalue weighted by molar-refractivity contribution is 0.0928. The van der Waals surface area contributed by atoms with Crippen molar-refractivity contribution in [3.8, 4) is 5.75 Å². The average molecular weight is 305 g/mol. The molecular weight excluding hydrogens is 287 g/mol. The van der Waals surface area contributed by atoms with E-state index in [0.29, 0.717) is 16.3 Å². The average Bonchev–Trinajstić information content (AvgIpc) is 2.39. The lowest BCUT2D eigenvalue weighted by Gasteiger charge is -2.24. The molecule has 1 aliphatic heterocycles. The second-order valence-corrected chi connectivity index (χ2v) is 4.74. The fourth-order valence-corrected chi connectivity index (χ4v) is 2.38. The molecule has 2 N–H and O–H groups in total. The summed E-state index contributed by atoms with van der Waals surface area (Å²) >= 11 is 6.06. The third-order valence-electron chi connectivity index (χ3n) is 3.05. The van der Waals surface area contributed by atoms with Crippen LogP contribution in [-0.2, 0) is 0 Å². The number of hydrogen-bond acceptors (Lipinski definition) is 3. The Morgan fingerprint density at radius 2 is 2.32 bits per heavy atom. The van der Waals surface area contributed by atoms with Gasteiger partial charge in [0.05, 0.1) is 17.7 Å². The molecule has 2 rings (SSSR count). The largest absolute Gasteiger partial charge is 0.496 e.